The molecule has 0 bridgehead atoms. The Morgan fingerprint density at radius 1 is 1.00 bits per heavy atom. The number of carbonyl (C=O) groups excluding carboxylic acids is 1. The van der Waals surface area contributed by atoms with Gasteiger partial charge in [-0.15, -0.1) is 0 Å². The van der Waals surface area contributed by atoms with Gasteiger partial charge in [-0.3, -0.25) is 4.79 Å². The third-order valence-electron chi connectivity index (χ3n) is 3.63. The first-order valence-electron chi connectivity index (χ1n) is 7.68. The van der Waals surface area contributed by atoms with Gasteiger partial charge in [-0.2, -0.15) is 18.3 Å². The number of benzene rings is 2. The Bertz CT molecular complexity index is 930. The maximum absolute atomic E-state index is 12.7. The molecule has 7 heteroatoms. The number of carbonyl (C=O) groups is 1. The van der Waals surface area contributed by atoms with Crippen molar-refractivity contribution in [2.45, 2.75) is 6.18 Å². The SMILES string of the molecule is O=C(N/N=C\c1cccn1-c1ccccc1)c1cccc(C(F)(F)F)c1. The van der Waals surface area contributed by atoms with Crippen LogP contribution in [0.4, 0.5) is 13.2 Å². The van der Waals surface area contributed by atoms with Crippen molar-refractivity contribution in [1.82, 2.24) is 9.99 Å². The molecule has 132 valence electrons. The normalized spacial score (nSPS) is 11.7. The summed E-state index contributed by atoms with van der Waals surface area (Å²) in [6.45, 7) is 0. The summed E-state index contributed by atoms with van der Waals surface area (Å²) in [5.74, 6) is -0.717. The molecule has 0 radical (unpaired) electrons. The van der Waals surface area contributed by atoms with Crippen LogP contribution in [0, 0.1) is 0 Å². The van der Waals surface area contributed by atoms with Gasteiger partial charge in [0.1, 0.15) is 0 Å². The molecule has 0 saturated carbocycles. The molecule has 26 heavy (non-hydrogen) atoms. The lowest BCUT2D eigenvalue weighted by molar-refractivity contribution is -0.137. The number of amides is 1. The fourth-order valence-corrected chi connectivity index (χ4v) is 2.38. The molecule has 1 amide bonds. The Morgan fingerprint density at radius 3 is 2.50 bits per heavy atom. The third-order valence-corrected chi connectivity index (χ3v) is 3.63. The summed E-state index contributed by atoms with van der Waals surface area (Å²) in [4.78, 5) is 12.0. The lowest BCUT2D eigenvalue weighted by atomic mass is 10.1. The van der Waals surface area contributed by atoms with Crippen molar-refractivity contribution in [2.24, 2.45) is 5.10 Å². The summed E-state index contributed by atoms with van der Waals surface area (Å²) >= 11 is 0. The summed E-state index contributed by atoms with van der Waals surface area (Å²) in [6.07, 6.45) is -1.24. The number of nitrogens with one attached hydrogen (secondary N) is 1. The van der Waals surface area contributed by atoms with Crippen LogP contribution < -0.4 is 5.43 Å². The van der Waals surface area contributed by atoms with E-state index in [-0.39, 0.29) is 5.56 Å². The molecule has 3 aromatic rings. The van der Waals surface area contributed by atoms with Crippen LogP contribution in [-0.2, 0) is 6.18 Å². The monoisotopic (exact) mass is 357 g/mol. The van der Waals surface area contributed by atoms with E-state index in [1.807, 2.05) is 47.2 Å². The Morgan fingerprint density at radius 2 is 1.77 bits per heavy atom. The fraction of sp³-hybridized carbons (Fsp3) is 0.0526. The molecule has 0 fully saturated rings. The molecule has 0 atom stereocenters. The van der Waals surface area contributed by atoms with Crippen molar-refractivity contribution in [3.63, 3.8) is 0 Å². The van der Waals surface area contributed by atoms with Crippen molar-refractivity contribution < 1.29 is 18.0 Å². The van der Waals surface area contributed by atoms with E-state index in [9.17, 15) is 18.0 Å². The van der Waals surface area contributed by atoms with Crippen molar-refractivity contribution in [3.8, 4) is 5.69 Å². The molecule has 1 heterocycles. The van der Waals surface area contributed by atoms with E-state index in [0.717, 1.165) is 17.8 Å². The average Bonchev–Trinajstić information content (AvgIpc) is 3.10. The molecular weight excluding hydrogens is 343 g/mol. The lowest BCUT2D eigenvalue weighted by Gasteiger charge is -2.08. The second-order valence-corrected chi connectivity index (χ2v) is 5.42. The largest absolute Gasteiger partial charge is 0.416 e. The maximum atomic E-state index is 12.7. The van der Waals surface area contributed by atoms with Crippen LogP contribution in [0.15, 0.2) is 78.0 Å². The Balaban J connectivity index is 1.72. The van der Waals surface area contributed by atoms with Gasteiger partial charge < -0.3 is 4.57 Å². The van der Waals surface area contributed by atoms with E-state index in [1.165, 1.54) is 18.3 Å². The smallest absolute Gasteiger partial charge is 0.316 e. The van der Waals surface area contributed by atoms with E-state index in [2.05, 4.69) is 10.5 Å². The number of aromatic nitrogens is 1. The second kappa shape index (κ2) is 7.26. The molecule has 0 saturated heterocycles. The molecular formula is C19H14F3N3O. The van der Waals surface area contributed by atoms with E-state index >= 15 is 0 Å². The summed E-state index contributed by atoms with van der Waals surface area (Å²) in [6, 6.07) is 17.3. The number of hydrogen-bond acceptors (Lipinski definition) is 2. The van der Waals surface area contributed by atoms with Crippen LogP contribution in [-0.4, -0.2) is 16.7 Å². The van der Waals surface area contributed by atoms with Crippen LogP contribution in [0.3, 0.4) is 0 Å². The second-order valence-electron chi connectivity index (χ2n) is 5.42. The van der Waals surface area contributed by atoms with Gasteiger partial charge in [-0.25, -0.2) is 5.43 Å². The number of nitrogens with zero attached hydrogens (tertiary/aromatic N) is 2. The molecule has 3 rings (SSSR count). The molecule has 0 spiro atoms. The highest BCUT2D eigenvalue weighted by molar-refractivity contribution is 5.95. The summed E-state index contributed by atoms with van der Waals surface area (Å²) in [5.41, 5.74) is 2.88. The van der Waals surface area contributed by atoms with Gasteiger partial charge in [0.15, 0.2) is 0 Å². The first-order chi connectivity index (χ1) is 12.4. The summed E-state index contributed by atoms with van der Waals surface area (Å²) in [7, 11) is 0. The Hall–Kier alpha value is -3.35. The lowest BCUT2D eigenvalue weighted by Crippen LogP contribution is -2.18. The van der Waals surface area contributed by atoms with Crippen molar-refractivity contribution in [2.75, 3.05) is 0 Å². The number of alkyl halides is 3. The number of hydrazone groups is 1. The zero-order valence-corrected chi connectivity index (χ0v) is 13.4. The minimum absolute atomic E-state index is 0.115. The van der Waals surface area contributed by atoms with Crippen LogP contribution in [0.2, 0.25) is 0 Å². The van der Waals surface area contributed by atoms with E-state index in [4.69, 9.17) is 0 Å². The minimum atomic E-state index is -4.50. The van der Waals surface area contributed by atoms with Crippen LogP contribution in [0.25, 0.3) is 5.69 Å². The van der Waals surface area contributed by atoms with E-state index in [0.29, 0.717) is 5.69 Å². The molecule has 0 aliphatic heterocycles. The van der Waals surface area contributed by atoms with Gasteiger partial charge >= 0.3 is 6.18 Å². The maximum Gasteiger partial charge on any atom is 0.416 e. The number of rotatable bonds is 4. The van der Waals surface area contributed by atoms with Gasteiger partial charge in [0.25, 0.3) is 5.91 Å². The zero-order chi connectivity index (χ0) is 18.6. The van der Waals surface area contributed by atoms with Crippen molar-refractivity contribution in [3.05, 3.63) is 89.7 Å². The highest BCUT2D eigenvalue weighted by Crippen LogP contribution is 2.29. The standard InChI is InChI=1S/C19H14F3N3O/c20-19(21,22)15-7-4-6-14(12-15)18(26)24-23-13-17-10-5-11-25(17)16-8-2-1-3-9-16/h1-13H,(H,24,26)/b23-13-. The molecule has 0 aliphatic rings. The number of hydrogen-bond donors (Lipinski definition) is 1. The molecule has 4 nitrogen and oxygen atoms in total. The van der Waals surface area contributed by atoms with Gasteiger partial charge in [0.2, 0.25) is 0 Å². The van der Waals surface area contributed by atoms with Gasteiger partial charge in [-0.1, -0.05) is 24.3 Å². The van der Waals surface area contributed by atoms with Gasteiger partial charge in [-0.05, 0) is 42.5 Å². The zero-order valence-electron chi connectivity index (χ0n) is 13.4. The Kier molecular flexibility index (Phi) is 4.88. The van der Waals surface area contributed by atoms with Crippen molar-refractivity contribution >= 4 is 12.1 Å². The predicted octanol–water partition coefficient (Wildman–Crippen LogP) is 4.26. The molecule has 2 aromatic carbocycles. The van der Waals surface area contributed by atoms with Gasteiger partial charge in [0, 0.05) is 17.4 Å². The quantitative estimate of drug-likeness (QED) is 0.550. The van der Waals surface area contributed by atoms with Crippen LogP contribution >= 0.6 is 0 Å². The first kappa shape index (κ1) is 17.5. The molecule has 1 aromatic heterocycles. The Labute approximate surface area is 147 Å². The molecule has 0 unspecified atom stereocenters. The highest BCUT2D eigenvalue weighted by Gasteiger charge is 2.30. The summed E-state index contributed by atoms with van der Waals surface area (Å²) < 4.78 is 40.0. The molecule has 0 aliphatic carbocycles. The van der Waals surface area contributed by atoms with E-state index in [1.54, 1.807) is 6.07 Å². The molecule has 1 N–H and O–H groups in total. The average molecular weight is 357 g/mol. The van der Waals surface area contributed by atoms with Crippen LogP contribution in [0.1, 0.15) is 21.6 Å². The van der Waals surface area contributed by atoms with E-state index < -0.39 is 17.6 Å². The number of para-hydroxylation sites is 1. The third kappa shape index (κ3) is 4.00. The minimum Gasteiger partial charge on any atom is -0.316 e. The number of halogens is 3. The summed E-state index contributed by atoms with van der Waals surface area (Å²) in [5, 5.41) is 3.84. The first-order valence-corrected chi connectivity index (χ1v) is 7.68. The van der Waals surface area contributed by atoms with Gasteiger partial charge in [0.05, 0.1) is 17.5 Å². The predicted molar refractivity (Wildman–Crippen MR) is 92.3 cm³/mol. The fourth-order valence-electron chi connectivity index (χ4n) is 2.38. The van der Waals surface area contributed by atoms with Crippen LogP contribution in [0.5, 0.6) is 0 Å². The topological polar surface area (TPSA) is 46.4 Å². The van der Waals surface area contributed by atoms with Crippen molar-refractivity contribution in [1.29, 1.82) is 0 Å². The highest BCUT2D eigenvalue weighted by atomic mass is 19.4.